The zero-order valence-electron chi connectivity index (χ0n) is 25.6. The molecule has 0 bridgehead atoms. The molecule has 8 nitrogen and oxygen atoms in total. The number of aryl methyl sites for hydroxylation is 2. The molecule has 1 N–H and O–H groups in total. The molecule has 6 rings (SSSR count). The molecule has 2 fully saturated rings. The summed E-state index contributed by atoms with van der Waals surface area (Å²) < 4.78 is 6.99. The van der Waals surface area contributed by atoms with E-state index in [4.69, 9.17) is 4.74 Å². The van der Waals surface area contributed by atoms with Gasteiger partial charge in [-0.05, 0) is 49.9 Å². The maximum absolute atomic E-state index is 14.9. The molecule has 2 saturated heterocycles. The van der Waals surface area contributed by atoms with Gasteiger partial charge in [-0.2, -0.15) is 0 Å². The monoisotopic (exact) mass is 583 g/mol. The number of fused-ring (bicyclic) bond motifs is 2. The topological polar surface area (TPSA) is 90.4 Å². The molecule has 8 heteroatoms. The van der Waals surface area contributed by atoms with Gasteiger partial charge in [0.25, 0.3) is 5.91 Å². The smallest absolute Gasteiger partial charge is 0.253 e. The Kier molecular flexibility index (Phi) is 7.33. The second-order valence-electron chi connectivity index (χ2n) is 12.7. The lowest BCUT2D eigenvalue weighted by molar-refractivity contribution is -0.149. The molecule has 1 unspecified atom stereocenters. The van der Waals surface area contributed by atoms with E-state index in [1.165, 1.54) is 0 Å². The van der Waals surface area contributed by atoms with E-state index in [9.17, 15) is 19.5 Å². The van der Waals surface area contributed by atoms with E-state index in [0.29, 0.717) is 19.5 Å². The summed E-state index contributed by atoms with van der Waals surface area (Å²) in [7, 11) is 0. The summed E-state index contributed by atoms with van der Waals surface area (Å²) in [6.45, 7) is 10.1. The van der Waals surface area contributed by atoms with E-state index in [1.807, 2.05) is 107 Å². The highest BCUT2D eigenvalue weighted by Crippen LogP contribution is 2.58. The zero-order chi connectivity index (χ0) is 30.7. The van der Waals surface area contributed by atoms with Crippen LogP contribution in [0.4, 0.5) is 11.4 Å². The molecule has 43 heavy (non-hydrogen) atoms. The second-order valence-corrected chi connectivity index (χ2v) is 12.7. The third kappa shape index (κ3) is 4.29. The van der Waals surface area contributed by atoms with Crippen molar-refractivity contribution in [1.82, 2.24) is 4.90 Å². The number of nitrogens with zero attached hydrogens (tertiary/aromatic N) is 3. The number of carbonyl (C=O) groups is 3. The van der Waals surface area contributed by atoms with Gasteiger partial charge in [-0.1, -0.05) is 81.0 Å². The van der Waals surface area contributed by atoms with Crippen molar-refractivity contribution in [3.05, 3.63) is 84.0 Å². The Morgan fingerprint density at radius 2 is 1.53 bits per heavy atom. The number of hydrogen-bond acceptors (Lipinski definition) is 5. The molecule has 0 saturated carbocycles. The molecule has 3 amide bonds. The molecule has 2 aromatic carbocycles. The predicted molar refractivity (Wildman–Crippen MR) is 166 cm³/mol. The van der Waals surface area contributed by atoms with Crippen molar-refractivity contribution in [2.45, 2.75) is 64.3 Å². The van der Waals surface area contributed by atoms with Crippen molar-refractivity contribution in [1.29, 1.82) is 0 Å². The van der Waals surface area contributed by atoms with Gasteiger partial charge >= 0.3 is 0 Å². The minimum absolute atomic E-state index is 0.0876. The Morgan fingerprint density at radius 3 is 2.19 bits per heavy atom. The van der Waals surface area contributed by atoms with E-state index in [0.717, 1.165) is 22.5 Å². The van der Waals surface area contributed by atoms with Crippen LogP contribution in [0.2, 0.25) is 0 Å². The highest BCUT2D eigenvalue weighted by atomic mass is 16.5. The molecule has 1 spiro atoms. The van der Waals surface area contributed by atoms with Gasteiger partial charge < -0.3 is 24.5 Å². The standard InChI is InChI=1S/C35H41N3O5/c1-6-22(2)26(21-39)38-30-33(42)37(29-23(3)13-10-14-24(29)4)20-12-18-35(30)28(32(38)41)27-31(40)36(25-15-8-7-9-16-25)19-11-17-34(27,5)43-35/h7-18,22,26-28,30,39H,6,19-21H2,1-5H3/t22-,26-,27-,28-,30?,34+,35-/m0/s1. The van der Waals surface area contributed by atoms with Gasteiger partial charge in [0.1, 0.15) is 11.6 Å². The number of amides is 3. The minimum Gasteiger partial charge on any atom is -0.394 e. The number of benzene rings is 2. The highest BCUT2D eigenvalue weighted by molar-refractivity contribution is 6.08. The van der Waals surface area contributed by atoms with Gasteiger partial charge in [-0.15, -0.1) is 0 Å². The first-order chi connectivity index (χ1) is 20.6. The van der Waals surface area contributed by atoms with Crippen molar-refractivity contribution in [3.63, 3.8) is 0 Å². The van der Waals surface area contributed by atoms with Gasteiger partial charge in [0.2, 0.25) is 11.8 Å². The minimum atomic E-state index is -1.39. The number of aliphatic hydroxyl groups excluding tert-OH is 1. The molecule has 226 valence electrons. The lowest BCUT2D eigenvalue weighted by Crippen LogP contribution is -2.60. The molecule has 0 aromatic heterocycles. The fourth-order valence-electron chi connectivity index (χ4n) is 7.90. The normalized spacial score (nSPS) is 31.4. The Hall–Kier alpha value is -3.75. The predicted octanol–water partition coefficient (Wildman–Crippen LogP) is 4.19. The summed E-state index contributed by atoms with van der Waals surface area (Å²) in [6, 6.07) is 13.7. The van der Waals surface area contributed by atoms with Crippen LogP contribution in [0.5, 0.6) is 0 Å². The van der Waals surface area contributed by atoms with Crippen LogP contribution >= 0.6 is 0 Å². The van der Waals surface area contributed by atoms with Crippen LogP contribution in [0.25, 0.3) is 0 Å². The van der Waals surface area contributed by atoms with E-state index in [-0.39, 0.29) is 30.2 Å². The Balaban J connectivity index is 1.53. The Bertz CT molecular complexity index is 1480. The molecule has 4 aliphatic heterocycles. The van der Waals surface area contributed by atoms with Crippen molar-refractivity contribution < 1.29 is 24.2 Å². The van der Waals surface area contributed by atoms with Gasteiger partial charge in [0, 0.05) is 24.5 Å². The molecule has 0 radical (unpaired) electrons. The number of hydrogen-bond donors (Lipinski definition) is 1. The maximum Gasteiger partial charge on any atom is 0.253 e. The highest BCUT2D eigenvalue weighted by Gasteiger charge is 2.75. The quantitative estimate of drug-likeness (QED) is 0.516. The number of carbonyl (C=O) groups excluding carboxylic acids is 3. The molecule has 0 aliphatic carbocycles. The Morgan fingerprint density at radius 1 is 0.884 bits per heavy atom. The lowest BCUT2D eigenvalue weighted by Gasteiger charge is -2.41. The molecule has 4 heterocycles. The van der Waals surface area contributed by atoms with Crippen LogP contribution in [0.1, 0.15) is 38.3 Å². The number of aliphatic hydroxyl groups is 1. The fourth-order valence-corrected chi connectivity index (χ4v) is 7.90. The lowest BCUT2D eigenvalue weighted by atomic mass is 9.74. The average Bonchev–Trinajstić information content (AvgIpc) is 3.26. The van der Waals surface area contributed by atoms with Crippen LogP contribution in [0.3, 0.4) is 0 Å². The first-order valence-electron chi connectivity index (χ1n) is 15.3. The fraction of sp³-hybridized carbons (Fsp3) is 0.457. The first kappa shape index (κ1) is 29.3. The molecule has 7 atom stereocenters. The third-order valence-electron chi connectivity index (χ3n) is 10.1. The van der Waals surface area contributed by atoms with E-state index >= 15 is 0 Å². The summed E-state index contributed by atoms with van der Waals surface area (Å²) in [5.41, 5.74) is 0.939. The zero-order valence-corrected chi connectivity index (χ0v) is 25.6. The average molecular weight is 584 g/mol. The Labute approximate surface area is 253 Å². The molecular weight excluding hydrogens is 542 g/mol. The first-order valence-corrected chi connectivity index (χ1v) is 15.3. The van der Waals surface area contributed by atoms with Gasteiger partial charge in [-0.25, -0.2) is 0 Å². The summed E-state index contributed by atoms with van der Waals surface area (Å²) in [5, 5.41) is 10.7. The molecule has 4 aliphatic rings. The summed E-state index contributed by atoms with van der Waals surface area (Å²) in [5.74, 6) is -2.70. The van der Waals surface area contributed by atoms with Crippen molar-refractivity contribution in [2.75, 3.05) is 29.5 Å². The van der Waals surface area contributed by atoms with Gasteiger partial charge in [-0.3, -0.25) is 14.4 Å². The number of para-hydroxylation sites is 2. The second kappa shape index (κ2) is 10.8. The van der Waals surface area contributed by atoms with Crippen LogP contribution in [-0.2, 0) is 19.1 Å². The van der Waals surface area contributed by atoms with Crippen LogP contribution in [-0.4, -0.2) is 70.7 Å². The number of likely N-dealkylation sites (tertiary alicyclic amines) is 1. The summed E-state index contributed by atoms with van der Waals surface area (Å²) in [4.78, 5) is 49.3. The molecule has 2 aromatic rings. The van der Waals surface area contributed by atoms with E-state index in [1.54, 1.807) is 14.7 Å². The van der Waals surface area contributed by atoms with Crippen LogP contribution < -0.4 is 9.80 Å². The van der Waals surface area contributed by atoms with Crippen LogP contribution in [0, 0.1) is 31.6 Å². The largest absolute Gasteiger partial charge is 0.394 e. The SMILES string of the molecule is CC[C@H](C)[C@H](CO)N1C(=O)[C@@H]2[C@H]3C(=O)N(c4ccccc4)CC=C[C@@]3(C)O[C@@]23C=CCN(c2c(C)cccc2C)C(=O)C13. The maximum atomic E-state index is 14.9. The number of ether oxygens (including phenoxy) is 1. The van der Waals surface area contributed by atoms with Crippen molar-refractivity contribution >= 4 is 29.1 Å². The number of rotatable bonds is 6. The van der Waals surface area contributed by atoms with Gasteiger partial charge in [0.15, 0.2) is 0 Å². The summed E-state index contributed by atoms with van der Waals surface area (Å²) in [6.07, 6.45) is 8.29. The summed E-state index contributed by atoms with van der Waals surface area (Å²) >= 11 is 0. The van der Waals surface area contributed by atoms with Crippen LogP contribution in [0.15, 0.2) is 72.8 Å². The van der Waals surface area contributed by atoms with E-state index < -0.39 is 35.1 Å². The molecular formula is C35H41N3O5. The van der Waals surface area contributed by atoms with E-state index in [2.05, 4.69) is 0 Å². The van der Waals surface area contributed by atoms with Crippen molar-refractivity contribution in [3.8, 4) is 0 Å². The third-order valence-corrected chi connectivity index (χ3v) is 10.1. The number of anilines is 2. The van der Waals surface area contributed by atoms with Crippen molar-refractivity contribution in [2.24, 2.45) is 17.8 Å². The van der Waals surface area contributed by atoms with Gasteiger partial charge in [0.05, 0.1) is 30.1 Å².